The van der Waals surface area contributed by atoms with Crippen LogP contribution < -0.4 is 9.47 Å². The molecule has 1 aromatic carbocycles. The molecule has 1 atom stereocenters. The Morgan fingerprint density at radius 3 is 2.14 bits per heavy atom. The lowest BCUT2D eigenvalue weighted by molar-refractivity contribution is -0.140. The van der Waals surface area contributed by atoms with Gasteiger partial charge in [0, 0.05) is 23.6 Å². The lowest BCUT2D eigenvalue weighted by atomic mass is 9.88. The third kappa shape index (κ3) is 4.74. The normalized spacial score (nSPS) is 18.7. The zero-order valence-corrected chi connectivity index (χ0v) is 18.3. The number of Topliss-reactive ketones (excluding diaryl/α,β-unsaturated/α-hetero) is 1. The summed E-state index contributed by atoms with van der Waals surface area (Å²) < 4.78 is 11.2. The standard InChI is InChI=1S/C23H34N2O4/c1-15(2)25(16(3)4)23(27)17(5)24-10-8-18(9-11-24)22(26)19-6-7-20-21(14-19)29-13-12-28-20/h6-7,14-18H,8-13H2,1-5H3. The van der Waals surface area contributed by atoms with E-state index in [9.17, 15) is 9.59 Å². The molecule has 2 aliphatic rings. The van der Waals surface area contributed by atoms with Crippen molar-refractivity contribution in [1.29, 1.82) is 0 Å². The van der Waals surface area contributed by atoms with E-state index in [-0.39, 0.29) is 35.7 Å². The number of carbonyl (C=O) groups is 2. The molecule has 0 radical (unpaired) electrons. The van der Waals surface area contributed by atoms with E-state index in [1.165, 1.54) is 0 Å². The van der Waals surface area contributed by atoms with Gasteiger partial charge < -0.3 is 14.4 Å². The van der Waals surface area contributed by atoms with Gasteiger partial charge in [0.25, 0.3) is 0 Å². The summed E-state index contributed by atoms with van der Waals surface area (Å²) in [6.45, 7) is 12.8. The van der Waals surface area contributed by atoms with Crippen molar-refractivity contribution in [2.45, 2.75) is 65.6 Å². The van der Waals surface area contributed by atoms with Crippen LogP contribution in [-0.4, -0.2) is 65.9 Å². The minimum absolute atomic E-state index is 0.0117. The zero-order chi connectivity index (χ0) is 21.1. The fourth-order valence-electron chi connectivity index (χ4n) is 4.46. The Balaban J connectivity index is 1.60. The third-order valence-electron chi connectivity index (χ3n) is 6.00. The van der Waals surface area contributed by atoms with Gasteiger partial charge in [-0.25, -0.2) is 0 Å². The van der Waals surface area contributed by atoms with Gasteiger partial charge in [0.2, 0.25) is 5.91 Å². The summed E-state index contributed by atoms with van der Waals surface area (Å²) in [6.07, 6.45) is 1.54. The van der Waals surface area contributed by atoms with Crippen molar-refractivity contribution in [3.8, 4) is 11.5 Å². The van der Waals surface area contributed by atoms with Gasteiger partial charge in [-0.15, -0.1) is 0 Å². The second kappa shape index (κ2) is 9.16. The predicted molar refractivity (Wildman–Crippen MR) is 113 cm³/mol. The SMILES string of the molecule is CC(C(=O)N(C(C)C)C(C)C)N1CCC(C(=O)c2ccc3c(c2)OCCO3)CC1. The number of nitrogens with zero attached hydrogens (tertiary/aromatic N) is 2. The van der Waals surface area contributed by atoms with Crippen molar-refractivity contribution in [3.63, 3.8) is 0 Å². The van der Waals surface area contributed by atoms with Crippen LogP contribution in [0, 0.1) is 5.92 Å². The minimum Gasteiger partial charge on any atom is -0.486 e. The molecule has 1 amide bonds. The lowest BCUT2D eigenvalue weighted by Gasteiger charge is -2.39. The number of fused-ring (bicyclic) bond motifs is 1. The Morgan fingerprint density at radius 2 is 1.55 bits per heavy atom. The van der Waals surface area contributed by atoms with E-state index in [0.717, 1.165) is 25.9 Å². The van der Waals surface area contributed by atoms with Crippen molar-refractivity contribution in [2.75, 3.05) is 26.3 Å². The van der Waals surface area contributed by atoms with Crippen LogP contribution in [0.1, 0.15) is 57.8 Å². The van der Waals surface area contributed by atoms with Crippen molar-refractivity contribution in [3.05, 3.63) is 23.8 Å². The third-order valence-corrected chi connectivity index (χ3v) is 6.00. The number of benzene rings is 1. The molecular weight excluding hydrogens is 368 g/mol. The molecule has 6 nitrogen and oxygen atoms in total. The van der Waals surface area contributed by atoms with E-state index in [4.69, 9.17) is 9.47 Å². The van der Waals surface area contributed by atoms with Crippen LogP contribution in [0.25, 0.3) is 0 Å². The van der Waals surface area contributed by atoms with Crippen molar-refractivity contribution < 1.29 is 19.1 Å². The highest BCUT2D eigenvalue weighted by Crippen LogP contribution is 2.32. The summed E-state index contributed by atoms with van der Waals surface area (Å²) in [5.41, 5.74) is 0.683. The Morgan fingerprint density at radius 1 is 0.966 bits per heavy atom. The van der Waals surface area contributed by atoms with Gasteiger partial charge in [0.1, 0.15) is 13.2 Å². The molecule has 3 rings (SSSR count). The van der Waals surface area contributed by atoms with Gasteiger partial charge in [-0.3, -0.25) is 14.5 Å². The number of ketones is 1. The number of likely N-dealkylation sites (tertiary alicyclic amines) is 1. The number of amides is 1. The first-order valence-electron chi connectivity index (χ1n) is 10.8. The summed E-state index contributed by atoms with van der Waals surface area (Å²) in [6, 6.07) is 5.66. The van der Waals surface area contributed by atoms with E-state index in [1.54, 1.807) is 6.07 Å². The zero-order valence-electron chi connectivity index (χ0n) is 18.3. The smallest absolute Gasteiger partial charge is 0.240 e. The first-order chi connectivity index (χ1) is 13.8. The molecule has 1 fully saturated rings. The summed E-state index contributed by atoms with van der Waals surface area (Å²) in [5.74, 6) is 1.68. The van der Waals surface area contributed by atoms with E-state index in [0.29, 0.717) is 30.3 Å². The van der Waals surface area contributed by atoms with Gasteiger partial charge in [0.05, 0.1) is 6.04 Å². The largest absolute Gasteiger partial charge is 0.486 e. The highest BCUT2D eigenvalue weighted by atomic mass is 16.6. The molecule has 2 aliphatic heterocycles. The molecule has 0 N–H and O–H groups in total. The van der Waals surface area contributed by atoms with Gasteiger partial charge in [-0.2, -0.15) is 0 Å². The van der Waals surface area contributed by atoms with E-state index >= 15 is 0 Å². The summed E-state index contributed by atoms with van der Waals surface area (Å²) in [7, 11) is 0. The second-order valence-corrected chi connectivity index (χ2v) is 8.64. The molecule has 29 heavy (non-hydrogen) atoms. The van der Waals surface area contributed by atoms with E-state index < -0.39 is 0 Å². The maximum Gasteiger partial charge on any atom is 0.240 e. The van der Waals surface area contributed by atoms with Gasteiger partial charge in [-0.1, -0.05) is 0 Å². The maximum absolute atomic E-state index is 13.0. The van der Waals surface area contributed by atoms with Crippen molar-refractivity contribution in [2.24, 2.45) is 5.92 Å². The Labute approximate surface area is 174 Å². The monoisotopic (exact) mass is 402 g/mol. The summed E-state index contributed by atoms with van der Waals surface area (Å²) in [5, 5.41) is 0. The number of carbonyl (C=O) groups excluding carboxylic acids is 2. The Kier molecular flexibility index (Phi) is 6.83. The summed E-state index contributed by atoms with van der Waals surface area (Å²) in [4.78, 5) is 30.2. The molecule has 6 heteroatoms. The van der Waals surface area contributed by atoms with E-state index in [2.05, 4.69) is 32.6 Å². The van der Waals surface area contributed by atoms with Gasteiger partial charge in [-0.05, 0) is 78.7 Å². The molecule has 0 aliphatic carbocycles. The highest BCUT2D eigenvalue weighted by Gasteiger charge is 2.33. The molecule has 1 aromatic rings. The minimum atomic E-state index is -0.162. The second-order valence-electron chi connectivity index (χ2n) is 8.64. The van der Waals surface area contributed by atoms with Gasteiger partial charge in [0.15, 0.2) is 17.3 Å². The number of ether oxygens (including phenoxy) is 2. The molecule has 0 saturated carbocycles. The molecule has 1 unspecified atom stereocenters. The molecule has 1 saturated heterocycles. The highest BCUT2D eigenvalue weighted by molar-refractivity contribution is 5.98. The number of piperidine rings is 1. The van der Waals surface area contributed by atoms with Crippen LogP contribution in [0.2, 0.25) is 0 Å². The van der Waals surface area contributed by atoms with Crippen molar-refractivity contribution in [1.82, 2.24) is 9.80 Å². The first kappa shape index (κ1) is 21.6. The van der Waals surface area contributed by atoms with Crippen LogP contribution >= 0.6 is 0 Å². The average Bonchev–Trinajstić information content (AvgIpc) is 2.72. The fraction of sp³-hybridized carbons (Fsp3) is 0.652. The fourth-order valence-corrected chi connectivity index (χ4v) is 4.46. The van der Waals surface area contributed by atoms with E-state index in [1.807, 2.05) is 24.0 Å². The van der Waals surface area contributed by atoms with Crippen LogP contribution in [0.3, 0.4) is 0 Å². The molecular formula is C23H34N2O4. The molecule has 160 valence electrons. The Hall–Kier alpha value is -2.08. The van der Waals surface area contributed by atoms with Crippen LogP contribution in [-0.2, 0) is 4.79 Å². The molecule has 0 bridgehead atoms. The van der Waals surface area contributed by atoms with Crippen LogP contribution in [0.15, 0.2) is 18.2 Å². The van der Waals surface area contributed by atoms with Crippen LogP contribution in [0.5, 0.6) is 11.5 Å². The first-order valence-corrected chi connectivity index (χ1v) is 10.8. The van der Waals surface area contributed by atoms with Gasteiger partial charge >= 0.3 is 0 Å². The quantitative estimate of drug-likeness (QED) is 0.683. The molecule has 2 heterocycles. The topological polar surface area (TPSA) is 59.1 Å². The van der Waals surface area contributed by atoms with Crippen LogP contribution in [0.4, 0.5) is 0 Å². The molecule has 0 aromatic heterocycles. The lowest BCUT2D eigenvalue weighted by Crippen LogP contribution is -2.53. The average molecular weight is 403 g/mol. The maximum atomic E-state index is 13.0. The number of hydrogen-bond donors (Lipinski definition) is 0. The number of rotatable bonds is 6. The Bertz CT molecular complexity index is 730. The molecule has 0 spiro atoms. The predicted octanol–water partition coefficient (Wildman–Crippen LogP) is 3.39. The summed E-state index contributed by atoms with van der Waals surface area (Å²) >= 11 is 0. The van der Waals surface area contributed by atoms with Crippen molar-refractivity contribution >= 4 is 11.7 Å². The number of hydrogen-bond acceptors (Lipinski definition) is 5.